The second-order valence-corrected chi connectivity index (χ2v) is 3.77. The monoisotopic (exact) mass is 223 g/mol. The Balaban J connectivity index is 2.44. The van der Waals surface area contributed by atoms with Crippen LogP contribution in [0.3, 0.4) is 0 Å². The minimum Gasteiger partial charge on any atom is -0.376 e. The summed E-state index contributed by atoms with van der Waals surface area (Å²) in [4.78, 5) is 6.14. The molecule has 4 heteroatoms. The van der Waals surface area contributed by atoms with Crippen LogP contribution >= 0.6 is 0 Å². The van der Waals surface area contributed by atoms with E-state index >= 15 is 0 Å². The second kappa shape index (κ2) is 7.19. The number of nitrogens with zero attached hydrogens (tertiary/aromatic N) is 2. The summed E-state index contributed by atoms with van der Waals surface area (Å²) < 4.78 is 0. The molecule has 0 spiro atoms. The second-order valence-electron chi connectivity index (χ2n) is 3.77. The lowest BCUT2D eigenvalue weighted by atomic mass is 10.3. The molecule has 4 nitrogen and oxygen atoms in total. The molecule has 0 aliphatic heterocycles. The molecule has 0 atom stereocenters. The number of rotatable bonds is 7. The van der Waals surface area contributed by atoms with Gasteiger partial charge >= 0.3 is 0 Å². The molecular weight excluding hydrogens is 202 g/mol. The van der Waals surface area contributed by atoms with Gasteiger partial charge in [-0.3, -0.25) is 4.98 Å². The van der Waals surface area contributed by atoms with E-state index in [2.05, 4.69) is 17.2 Å². The summed E-state index contributed by atoms with van der Waals surface area (Å²) in [6.45, 7) is 6.90. The zero-order chi connectivity index (χ0) is 11.8. The largest absolute Gasteiger partial charge is 0.376 e. The summed E-state index contributed by atoms with van der Waals surface area (Å²) >= 11 is 0. The van der Waals surface area contributed by atoms with Gasteiger partial charge in [-0.15, -0.1) is 0 Å². The minimum atomic E-state index is 0.0386. The van der Waals surface area contributed by atoms with Crippen molar-refractivity contribution in [3.05, 3.63) is 24.0 Å². The normalized spacial score (nSPS) is 10.4. The molecule has 0 radical (unpaired) electrons. The van der Waals surface area contributed by atoms with Crippen LogP contribution in [0, 0.1) is 6.92 Å². The zero-order valence-electron chi connectivity index (χ0n) is 10.1. The standard InChI is InChI=1S/C12H21N3O/c1-3-13-7-4-8-15(10-16)12-6-5-11(2)14-9-12/h5-6,9,13,16H,3-4,7-8,10H2,1-2H3. The highest BCUT2D eigenvalue weighted by Crippen LogP contribution is 2.12. The predicted octanol–water partition coefficient (Wildman–Crippen LogP) is 1.15. The Morgan fingerprint density at radius 3 is 2.81 bits per heavy atom. The Morgan fingerprint density at radius 1 is 1.44 bits per heavy atom. The predicted molar refractivity (Wildman–Crippen MR) is 66.6 cm³/mol. The molecule has 0 unspecified atom stereocenters. The Bertz CT molecular complexity index is 287. The van der Waals surface area contributed by atoms with Crippen LogP contribution in [0.1, 0.15) is 19.0 Å². The first kappa shape index (κ1) is 12.9. The van der Waals surface area contributed by atoms with Gasteiger partial charge in [0.2, 0.25) is 0 Å². The van der Waals surface area contributed by atoms with Crippen LogP contribution in [-0.4, -0.2) is 36.5 Å². The quantitative estimate of drug-likeness (QED) is 0.538. The summed E-state index contributed by atoms with van der Waals surface area (Å²) in [6.07, 6.45) is 2.82. The summed E-state index contributed by atoms with van der Waals surface area (Å²) in [5.74, 6) is 0. The van der Waals surface area contributed by atoms with Crippen LogP contribution in [0.4, 0.5) is 5.69 Å². The molecule has 0 saturated heterocycles. The van der Waals surface area contributed by atoms with E-state index in [9.17, 15) is 5.11 Å². The van der Waals surface area contributed by atoms with Crippen molar-refractivity contribution in [1.29, 1.82) is 0 Å². The van der Waals surface area contributed by atoms with Gasteiger partial charge in [-0.25, -0.2) is 0 Å². The van der Waals surface area contributed by atoms with E-state index in [0.717, 1.165) is 37.4 Å². The van der Waals surface area contributed by atoms with Crippen molar-refractivity contribution in [2.24, 2.45) is 0 Å². The van der Waals surface area contributed by atoms with Gasteiger partial charge in [-0.05, 0) is 38.6 Å². The van der Waals surface area contributed by atoms with Crippen LogP contribution in [0.5, 0.6) is 0 Å². The van der Waals surface area contributed by atoms with Crippen LogP contribution < -0.4 is 10.2 Å². The Morgan fingerprint density at radius 2 is 2.25 bits per heavy atom. The van der Waals surface area contributed by atoms with E-state index in [1.807, 2.05) is 24.0 Å². The number of hydrogen-bond acceptors (Lipinski definition) is 4. The molecule has 0 saturated carbocycles. The van der Waals surface area contributed by atoms with Crippen LogP contribution in [-0.2, 0) is 0 Å². The molecular formula is C12H21N3O. The van der Waals surface area contributed by atoms with Crippen molar-refractivity contribution in [2.45, 2.75) is 20.3 Å². The van der Waals surface area contributed by atoms with E-state index in [1.165, 1.54) is 0 Å². The number of nitrogens with one attached hydrogen (secondary N) is 1. The lowest BCUT2D eigenvalue weighted by Crippen LogP contribution is -2.28. The Labute approximate surface area is 97.3 Å². The number of aromatic nitrogens is 1. The smallest absolute Gasteiger partial charge is 0.115 e. The molecule has 1 rings (SSSR count). The fourth-order valence-electron chi connectivity index (χ4n) is 1.50. The first-order chi connectivity index (χ1) is 7.77. The van der Waals surface area contributed by atoms with Crippen molar-refractivity contribution < 1.29 is 5.11 Å². The molecule has 0 aromatic carbocycles. The average Bonchev–Trinajstić information content (AvgIpc) is 2.31. The maximum atomic E-state index is 9.28. The maximum absolute atomic E-state index is 9.28. The summed E-state index contributed by atoms with van der Waals surface area (Å²) in [6, 6.07) is 3.95. The number of hydrogen-bond donors (Lipinski definition) is 2. The number of aliphatic hydroxyl groups is 1. The SMILES string of the molecule is CCNCCCN(CO)c1ccc(C)nc1. The highest BCUT2D eigenvalue weighted by molar-refractivity contribution is 5.43. The molecule has 16 heavy (non-hydrogen) atoms. The van der Waals surface area contributed by atoms with Crippen LogP contribution in [0.25, 0.3) is 0 Å². The topological polar surface area (TPSA) is 48.4 Å². The fourth-order valence-corrected chi connectivity index (χ4v) is 1.50. The van der Waals surface area contributed by atoms with Gasteiger partial charge in [0, 0.05) is 12.2 Å². The van der Waals surface area contributed by atoms with E-state index in [-0.39, 0.29) is 6.73 Å². The molecule has 90 valence electrons. The lowest BCUT2D eigenvalue weighted by Gasteiger charge is -2.21. The van der Waals surface area contributed by atoms with Gasteiger partial charge in [0.25, 0.3) is 0 Å². The fraction of sp³-hybridized carbons (Fsp3) is 0.583. The number of aliphatic hydroxyl groups excluding tert-OH is 1. The van der Waals surface area contributed by atoms with Gasteiger partial charge in [0.15, 0.2) is 0 Å². The van der Waals surface area contributed by atoms with Crippen molar-refractivity contribution >= 4 is 5.69 Å². The molecule has 2 N–H and O–H groups in total. The van der Waals surface area contributed by atoms with Crippen molar-refractivity contribution in [2.75, 3.05) is 31.3 Å². The molecule has 0 bridgehead atoms. The van der Waals surface area contributed by atoms with Crippen LogP contribution in [0.2, 0.25) is 0 Å². The van der Waals surface area contributed by atoms with Crippen molar-refractivity contribution in [3.8, 4) is 0 Å². The van der Waals surface area contributed by atoms with Crippen molar-refractivity contribution in [1.82, 2.24) is 10.3 Å². The molecule has 0 aliphatic rings. The maximum Gasteiger partial charge on any atom is 0.115 e. The zero-order valence-corrected chi connectivity index (χ0v) is 10.1. The third kappa shape index (κ3) is 4.16. The summed E-state index contributed by atoms with van der Waals surface area (Å²) in [5, 5.41) is 12.5. The number of pyridine rings is 1. The Hall–Kier alpha value is -1.13. The van der Waals surface area contributed by atoms with Crippen LogP contribution in [0.15, 0.2) is 18.3 Å². The van der Waals surface area contributed by atoms with E-state index < -0.39 is 0 Å². The molecule has 0 amide bonds. The van der Waals surface area contributed by atoms with Gasteiger partial charge in [-0.2, -0.15) is 0 Å². The van der Waals surface area contributed by atoms with Gasteiger partial charge in [-0.1, -0.05) is 6.92 Å². The Kier molecular flexibility index (Phi) is 5.82. The third-order valence-corrected chi connectivity index (χ3v) is 2.46. The van der Waals surface area contributed by atoms with Crippen molar-refractivity contribution in [3.63, 3.8) is 0 Å². The van der Waals surface area contributed by atoms with E-state index in [4.69, 9.17) is 0 Å². The molecule has 1 aromatic rings. The first-order valence-corrected chi connectivity index (χ1v) is 5.77. The van der Waals surface area contributed by atoms with E-state index in [1.54, 1.807) is 6.20 Å². The average molecular weight is 223 g/mol. The van der Waals surface area contributed by atoms with E-state index in [0.29, 0.717) is 0 Å². The lowest BCUT2D eigenvalue weighted by molar-refractivity contribution is 0.290. The first-order valence-electron chi connectivity index (χ1n) is 5.77. The van der Waals surface area contributed by atoms with Gasteiger partial charge in [0.05, 0.1) is 11.9 Å². The number of aryl methyl sites for hydroxylation is 1. The third-order valence-electron chi connectivity index (χ3n) is 2.46. The molecule has 0 fully saturated rings. The summed E-state index contributed by atoms with van der Waals surface area (Å²) in [5.41, 5.74) is 1.97. The highest BCUT2D eigenvalue weighted by Gasteiger charge is 2.04. The summed E-state index contributed by atoms with van der Waals surface area (Å²) in [7, 11) is 0. The molecule has 0 aliphatic carbocycles. The van der Waals surface area contributed by atoms with Gasteiger partial charge < -0.3 is 15.3 Å². The van der Waals surface area contributed by atoms with Gasteiger partial charge in [0.1, 0.15) is 6.73 Å². The minimum absolute atomic E-state index is 0.0386. The molecule has 1 heterocycles. The highest BCUT2D eigenvalue weighted by atomic mass is 16.3. The molecule has 1 aromatic heterocycles. The number of anilines is 1.